The third-order valence-electron chi connectivity index (χ3n) is 2.50. The van der Waals surface area contributed by atoms with E-state index in [2.05, 4.69) is 0 Å². The van der Waals surface area contributed by atoms with Crippen LogP contribution in [-0.2, 0) is 4.79 Å². The van der Waals surface area contributed by atoms with Crippen molar-refractivity contribution >= 4 is 33.4 Å². The van der Waals surface area contributed by atoms with E-state index < -0.39 is 0 Å². The Balaban J connectivity index is 2.51. The first-order valence-corrected chi connectivity index (χ1v) is 5.37. The van der Waals surface area contributed by atoms with Gasteiger partial charge < -0.3 is 0 Å². The molecular weight excluding hydrogens is 208 g/mol. The zero-order valence-electron chi connectivity index (χ0n) is 7.69. The summed E-state index contributed by atoms with van der Waals surface area (Å²) in [4.78, 5) is 23.9. The SMILES string of the molecule is O=C1Sc2cccc3cccc(c23)C1=O. The van der Waals surface area contributed by atoms with Gasteiger partial charge in [-0.3, -0.25) is 9.59 Å². The third kappa shape index (κ3) is 1.13. The minimum atomic E-state index is -0.388. The number of Topliss-reactive ketones (excluding diaryl/α,β-unsaturated/α-hetero) is 1. The Morgan fingerprint density at radius 2 is 1.67 bits per heavy atom. The Labute approximate surface area is 90.3 Å². The van der Waals surface area contributed by atoms with E-state index in [0.717, 1.165) is 27.4 Å². The van der Waals surface area contributed by atoms with E-state index in [9.17, 15) is 9.59 Å². The molecule has 0 aliphatic carbocycles. The fraction of sp³-hybridized carbons (Fsp3) is 0. The Morgan fingerprint density at radius 3 is 2.47 bits per heavy atom. The first kappa shape index (κ1) is 8.68. The number of ketones is 1. The van der Waals surface area contributed by atoms with Gasteiger partial charge in [0.15, 0.2) is 0 Å². The van der Waals surface area contributed by atoms with Gasteiger partial charge in [-0.15, -0.1) is 0 Å². The maximum Gasteiger partial charge on any atom is 0.264 e. The second kappa shape index (κ2) is 2.94. The van der Waals surface area contributed by atoms with Gasteiger partial charge in [0.25, 0.3) is 5.12 Å². The van der Waals surface area contributed by atoms with Crippen LogP contribution in [0.3, 0.4) is 0 Å². The van der Waals surface area contributed by atoms with Crippen molar-refractivity contribution in [3.05, 3.63) is 42.0 Å². The normalized spacial score (nSPS) is 14.7. The van der Waals surface area contributed by atoms with Gasteiger partial charge >= 0.3 is 0 Å². The highest BCUT2D eigenvalue weighted by atomic mass is 32.2. The van der Waals surface area contributed by atoms with E-state index in [-0.39, 0.29) is 10.9 Å². The second-order valence-electron chi connectivity index (χ2n) is 3.38. The molecule has 0 radical (unpaired) electrons. The zero-order valence-corrected chi connectivity index (χ0v) is 8.51. The first-order chi connectivity index (χ1) is 7.27. The summed E-state index contributed by atoms with van der Waals surface area (Å²) in [5, 5.41) is 1.54. The van der Waals surface area contributed by atoms with Gasteiger partial charge in [0.2, 0.25) is 5.78 Å². The predicted octanol–water partition coefficient (Wildman–Crippen LogP) is 2.65. The third-order valence-corrected chi connectivity index (χ3v) is 3.43. The number of carbonyl (C=O) groups is 2. The summed E-state index contributed by atoms with van der Waals surface area (Å²) in [5.41, 5.74) is 0.534. The summed E-state index contributed by atoms with van der Waals surface area (Å²) in [5.74, 6) is -0.385. The molecule has 0 spiro atoms. The lowest BCUT2D eigenvalue weighted by Gasteiger charge is -2.13. The quantitative estimate of drug-likeness (QED) is 0.632. The van der Waals surface area contributed by atoms with Gasteiger partial charge in [-0.1, -0.05) is 30.3 Å². The van der Waals surface area contributed by atoms with Crippen LogP contribution in [0.15, 0.2) is 41.3 Å². The predicted molar refractivity (Wildman–Crippen MR) is 59.1 cm³/mol. The van der Waals surface area contributed by atoms with Crippen molar-refractivity contribution in [2.45, 2.75) is 4.90 Å². The zero-order chi connectivity index (χ0) is 10.4. The average Bonchev–Trinajstić information content (AvgIpc) is 2.26. The van der Waals surface area contributed by atoms with Crippen LogP contribution in [0.2, 0.25) is 0 Å². The number of benzene rings is 2. The number of rotatable bonds is 0. The van der Waals surface area contributed by atoms with Crippen molar-refractivity contribution in [1.29, 1.82) is 0 Å². The van der Waals surface area contributed by atoms with Crippen molar-refractivity contribution < 1.29 is 9.59 Å². The topological polar surface area (TPSA) is 34.1 Å². The molecule has 3 heteroatoms. The van der Waals surface area contributed by atoms with Crippen LogP contribution >= 0.6 is 11.8 Å². The van der Waals surface area contributed by atoms with E-state index in [4.69, 9.17) is 0 Å². The van der Waals surface area contributed by atoms with Crippen molar-refractivity contribution in [3.8, 4) is 0 Å². The molecule has 2 aromatic carbocycles. The molecule has 1 heterocycles. The molecular formula is C12H6O2S. The highest BCUT2D eigenvalue weighted by Gasteiger charge is 2.26. The highest BCUT2D eigenvalue weighted by molar-refractivity contribution is 8.15. The molecule has 2 nitrogen and oxygen atoms in total. The van der Waals surface area contributed by atoms with Crippen molar-refractivity contribution in [3.63, 3.8) is 0 Å². The molecule has 0 fully saturated rings. The molecule has 1 aliphatic heterocycles. The van der Waals surface area contributed by atoms with Gasteiger partial charge in [-0.2, -0.15) is 0 Å². The van der Waals surface area contributed by atoms with E-state index in [0.29, 0.717) is 5.56 Å². The lowest BCUT2D eigenvalue weighted by Crippen LogP contribution is -2.14. The minimum absolute atomic E-state index is 0.385. The number of carbonyl (C=O) groups excluding carboxylic acids is 2. The molecule has 0 N–H and O–H groups in total. The van der Waals surface area contributed by atoms with Gasteiger partial charge in [-0.05, 0) is 23.2 Å². The molecule has 72 valence electrons. The maximum atomic E-state index is 11.6. The minimum Gasteiger partial charge on any atom is -0.284 e. The molecule has 0 amide bonds. The molecule has 15 heavy (non-hydrogen) atoms. The summed E-state index contributed by atoms with van der Waals surface area (Å²) in [6.07, 6.45) is 0. The monoisotopic (exact) mass is 214 g/mol. The summed E-state index contributed by atoms with van der Waals surface area (Å²) < 4.78 is 0. The van der Waals surface area contributed by atoms with Crippen molar-refractivity contribution in [2.75, 3.05) is 0 Å². The van der Waals surface area contributed by atoms with Crippen LogP contribution in [0.5, 0.6) is 0 Å². The molecule has 0 unspecified atom stereocenters. The fourth-order valence-electron chi connectivity index (χ4n) is 1.84. The van der Waals surface area contributed by atoms with E-state index in [1.54, 1.807) is 6.07 Å². The summed E-state index contributed by atoms with van der Waals surface area (Å²) >= 11 is 1.02. The van der Waals surface area contributed by atoms with Crippen LogP contribution in [0.4, 0.5) is 0 Å². The lowest BCUT2D eigenvalue weighted by atomic mass is 10.0. The summed E-state index contributed by atoms with van der Waals surface area (Å²) in [6, 6.07) is 11.2. The smallest absolute Gasteiger partial charge is 0.264 e. The Bertz CT molecular complexity index is 596. The van der Waals surface area contributed by atoms with Crippen molar-refractivity contribution in [1.82, 2.24) is 0 Å². The Hall–Kier alpha value is -1.61. The van der Waals surface area contributed by atoms with Crippen LogP contribution in [-0.4, -0.2) is 10.9 Å². The van der Waals surface area contributed by atoms with Gasteiger partial charge in [0.05, 0.1) is 0 Å². The Kier molecular flexibility index (Phi) is 1.70. The fourth-order valence-corrected chi connectivity index (χ4v) is 2.72. The van der Waals surface area contributed by atoms with Crippen LogP contribution < -0.4 is 0 Å². The largest absolute Gasteiger partial charge is 0.284 e. The molecule has 3 rings (SSSR count). The molecule has 0 aromatic heterocycles. The van der Waals surface area contributed by atoms with E-state index in [1.165, 1.54) is 0 Å². The first-order valence-electron chi connectivity index (χ1n) is 4.55. The van der Waals surface area contributed by atoms with E-state index >= 15 is 0 Å². The highest BCUT2D eigenvalue weighted by Crippen LogP contribution is 2.36. The maximum absolute atomic E-state index is 11.6. The van der Waals surface area contributed by atoms with Crippen LogP contribution in [0.25, 0.3) is 10.8 Å². The van der Waals surface area contributed by atoms with Crippen molar-refractivity contribution in [2.24, 2.45) is 0 Å². The number of hydrogen-bond donors (Lipinski definition) is 0. The van der Waals surface area contributed by atoms with Gasteiger partial charge in [0.1, 0.15) is 0 Å². The number of thioether (sulfide) groups is 1. The Morgan fingerprint density at radius 1 is 0.933 bits per heavy atom. The molecule has 0 bridgehead atoms. The van der Waals surface area contributed by atoms with Crippen LogP contribution in [0.1, 0.15) is 10.4 Å². The summed E-state index contributed by atoms with van der Waals surface area (Å²) in [6.45, 7) is 0. The standard InChI is InChI=1S/C12H6O2S/c13-11-8-5-1-3-7-4-2-6-9(10(7)8)15-12(11)14/h1-6H. The molecule has 0 atom stereocenters. The molecule has 0 saturated heterocycles. The van der Waals surface area contributed by atoms with E-state index in [1.807, 2.05) is 30.3 Å². The second-order valence-corrected chi connectivity index (χ2v) is 4.39. The van der Waals surface area contributed by atoms with Gasteiger partial charge in [0, 0.05) is 15.8 Å². The molecule has 0 saturated carbocycles. The van der Waals surface area contributed by atoms with Crippen LogP contribution in [0, 0.1) is 0 Å². The summed E-state index contributed by atoms with van der Waals surface area (Å²) in [7, 11) is 0. The molecule has 2 aromatic rings. The van der Waals surface area contributed by atoms with Gasteiger partial charge in [-0.25, -0.2) is 0 Å². The average molecular weight is 214 g/mol. The number of hydrogen-bond acceptors (Lipinski definition) is 3. The molecule has 1 aliphatic rings. The lowest BCUT2D eigenvalue weighted by molar-refractivity contribution is -0.107.